The number of hydrogen-bond acceptors (Lipinski definition) is 7. The van der Waals surface area contributed by atoms with Crippen LogP contribution in [-0.4, -0.2) is 34.0 Å². The van der Waals surface area contributed by atoms with E-state index in [0.717, 1.165) is 22.0 Å². The first-order chi connectivity index (χ1) is 14.5. The molecule has 152 valence electrons. The van der Waals surface area contributed by atoms with Crippen molar-refractivity contribution in [3.63, 3.8) is 0 Å². The van der Waals surface area contributed by atoms with Crippen LogP contribution in [0.5, 0.6) is 0 Å². The van der Waals surface area contributed by atoms with Gasteiger partial charge in [-0.1, -0.05) is 30.3 Å². The van der Waals surface area contributed by atoms with Gasteiger partial charge in [-0.25, -0.2) is 9.78 Å². The van der Waals surface area contributed by atoms with Crippen LogP contribution in [0.4, 0.5) is 0 Å². The van der Waals surface area contributed by atoms with E-state index in [1.165, 1.54) is 7.11 Å². The molecule has 0 fully saturated rings. The Morgan fingerprint density at radius 2 is 2.13 bits per heavy atom. The number of esters is 1. The number of rotatable bonds is 3. The predicted molar refractivity (Wildman–Crippen MR) is 109 cm³/mol. The molecule has 8 heteroatoms. The smallest absolute Gasteiger partial charge is 0.343 e. The summed E-state index contributed by atoms with van der Waals surface area (Å²) >= 11 is 0. The van der Waals surface area contributed by atoms with Gasteiger partial charge in [0.2, 0.25) is 0 Å². The third-order valence-electron chi connectivity index (χ3n) is 5.93. The summed E-state index contributed by atoms with van der Waals surface area (Å²) < 4.78 is 6.72. The molecule has 2 aromatic heterocycles. The normalized spacial score (nSPS) is 19.5. The Hall–Kier alpha value is -3.52. The number of oxime groups is 1. The van der Waals surface area contributed by atoms with E-state index in [-0.39, 0.29) is 18.6 Å². The highest BCUT2D eigenvalue weighted by molar-refractivity contribution is 6.02. The number of nitrogens with zero attached hydrogens (tertiary/aromatic N) is 3. The van der Waals surface area contributed by atoms with Crippen LogP contribution >= 0.6 is 0 Å². The van der Waals surface area contributed by atoms with Crippen LogP contribution in [0, 0.1) is 0 Å². The molecule has 0 bridgehead atoms. The van der Waals surface area contributed by atoms with Gasteiger partial charge in [0.15, 0.2) is 5.60 Å². The van der Waals surface area contributed by atoms with Gasteiger partial charge < -0.3 is 19.2 Å². The second kappa shape index (κ2) is 6.50. The van der Waals surface area contributed by atoms with Crippen LogP contribution in [0.25, 0.3) is 22.3 Å². The number of aliphatic hydroxyl groups is 1. The van der Waals surface area contributed by atoms with E-state index in [1.54, 1.807) is 23.8 Å². The number of pyridine rings is 2. The Balaban J connectivity index is 1.83. The van der Waals surface area contributed by atoms with Crippen molar-refractivity contribution in [1.82, 2.24) is 9.55 Å². The maximum Gasteiger partial charge on any atom is 0.343 e. The van der Waals surface area contributed by atoms with Crippen molar-refractivity contribution in [3.05, 3.63) is 62.9 Å². The van der Waals surface area contributed by atoms with Crippen LogP contribution in [0.2, 0.25) is 0 Å². The fourth-order valence-corrected chi connectivity index (χ4v) is 4.31. The first-order valence-electron chi connectivity index (χ1n) is 9.65. The van der Waals surface area contributed by atoms with E-state index < -0.39 is 11.6 Å². The number of cyclic esters (lactones) is 1. The minimum absolute atomic E-state index is 0.103. The zero-order valence-corrected chi connectivity index (χ0v) is 16.5. The second-order valence-electron chi connectivity index (χ2n) is 7.39. The monoisotopic (exact) mass is 405 g/mol. The lowest BCUT2D eigenvalue weighted by atomic mass is 9.86. The summed E-state index contributed by atoms with van der Waals surface area (Å²) in [6.07, 6.45) is 1.72. The molecule has 30 heavy (non-hydrogen) atoms. The van der Waals surface area contributed by atoms with Crippen molar-refractivity contribution >= 4 is 23.1 Å². The first kappa shape index (κ1) is 18.5. The number of carbonyl (C=O) groups excluding carboxylic acids is 1. The molecule has 1 N–H and O–H groups in total. The maximum atomic E-state index is 13.3. The summed E-state index contributed by atoms with van der Waals surface area (Å²) in [4.78, 5) is 35.2. The SMILES string of the molecule is CC[C@@]1(O)C(=O)OCc2c1cc1n(c2=O)Cc2c-1nc1ccccc1c2/C=N\OC. The van der Waals surface area contributed by atoms with Gasteiger partial charge in [-0.15, -0.1) is 0 Å². The third kappa shape index (κ3) is 2.37. The van der Waals surface area contributed by atoms with Crippen molar-refractivity contribution < 1.29 is 19.5 Å². The van der Waals surface area contributed by atoms with Crippen LogP contribution < -0.4 is 5.56 Å². The van der Waals surface area contributed by atoms with E-state index in [0.29, 0.717) is 29.1 Å². The highest BCUT2D eigenvalue weighted by Gasteiger charge is 2.45. The lowest BCUT2D eigenvalue weighted by Gasteiger charge is -2.31. The molecule has 0 amide bonds. The van der Waals surface area contributed by atoms with E-state index >= 15 is 0 Å². The summed E-state index contributed by atoms with van der Waals surface area (Å²) in [5.74, 6) is -0.737. The Morgan fingerprint density at radius 3 is 2.90 bits per heavy atom. The van der Waals surface area contributed by atoms with Gasteiger partial charge in [-0.2, -0.15) is 0 Å². The van der Waals surface area contributed by atoms with E-state index in [2.05, 4.69) is 5.16 Å². The van der Waals surface area contributed by atoms with Crippen LogP contribution in [-0.2, 0) is 33.1 Å². The van der Waals surface area contributed by atoms with E-state index in [1.807, 2.05) is 24.3 Å². The Kier molecular flexibility index (Phi) is 4.01. The number of hydrogen-bond donors (Lipinski definition) is 1. The Labute approximate surface area is 171 Å². The molecule has 0 spiro atoms. The van der Waals surface area contributed by atoms with Crippen LogP contribution in [0.3, 0.4) is 0 Å². The lowest BCUT2D eigenvalue weighted by molar-refractivity contribution is -0.172. The van der Waals surface area contributed by atoms with Crippen LogP contribution in [0.1, 0.15) is 35.6 Å². The number of fused-ring (bicyclic) bond motifs is 5. The molecule has 1 atom stereocenters. The van der Waals surface area contributed by atoms with Crippen molar-refractivity contribution in [3.8, 4) is 11.4 Å². The molecule has 0 unspecified atom stereocenters. The molecule has 5 rings (SSSR count). The third-order valence-corrected chi connectivity index (χ3v) is 5.93. The molecule has 2 aliphatic heterocycles. The van der Waals surface area contributed by atoms with Crippen molar-refractivity contribution in [2.24, 2.45) is 5.16 Å². The largest absolute Gasteiger partial charge is 0.458 e. The van der Waals surface area contributed by atoms with Gasteiger partial charge in [0.25, 0.3) is 5.56 Å². The number of para-hydroxylation sites is 1. The van der Waals surface area contributed by atoms with Crippen molar-refractivity contribution in [2.45, 2.75) is 32.1 Å². The summed E-state index contributed by atoms with van der Waals surface area (Å²) in [6, 6.07) is 9.33. The van der Waals surface area contributed by atoms with Gasteiger partial charge in [-0.3, -0.25) is 4.79 Å². The van der Waals surface area contributed by atoms with E-state index in [4.69, 9.17) is 14.6 Å². The molecule has 8 nitrogen and oxygen atoms in total. The number of aromatic nitrogens is 2. The van der Waals surface area contributed by atoms with Gasteiger partial charge >= 0.3 is 5.97 Å². The fraction of sp³-hybridized carbons (Fsp3) is 0.273. The van der Waals surface area contributed by atoms with Crippen molar-refractivity contribution in [1.29, 1.82) is 0 Å². The average molecular weight is 405 g/mol. The Morgan fingerprint density at radius 1 is 1.33 bits per heavy atom. The molecule has 0 radical (unpaired) electrons. The van der Waals surface area contributed by atoms with Gasteiger partial charge in [0, 0.05) is 22.1 Å². The second-order valence-corrected chi connectivity index (χ2v) is 7.39. The molecule has 0 aliphatic carbocycles. The molecular weight excluding hydrogens is 386 g/mol. The number of benzene rings is 1. The zero-order valence-electron chi connectivity index (χ0n) is 16.5. The lowest BCUT2D eigenvalue weighted by Crippen LogP contribution is -2.44. The molecular formula is C22H19N3O5. The highest BCUT2D eigenvalue weighted by atomic mass is 16.6. The van der Waals surface area contributed by atoms with Crippen molar-refractivity contribution in [2.75, 3.05) is 7.11 Å². The quantitative estimate of drug-likeness (QED) is 0.318. The molecule has 1 aromatic carbocycles. The maximum absolute atomic E-state index is 13.3. The molecule has 0 saturated heterocycles. The average Bonchev–Trinajstić information content (AvgIpc) is 3.13. The highest BCUT2D eigenvalue weighted by Crippen LogP contribution is 2.39. The molecule has 4 heterocycles. The topological polar surface area (TPSA) is 103 Å². The van der Waals surface area contributed by atoms with Crippen LogP contribution in [0.15, 0.2) is 40.3 Å². The molecule has 3 aromatic rings. The predicted octanol–water partition coefficient (Wildman–Crippen LogP) is 2.06. The van der Waals surface area contributed by atoms with Gasteiger partial charge in [-0.05, 0) is 18.6 Å². The standard InChI is InChI=1S/C22H19N3O5/c1-3-22(28)16-8-18-19-14(10-25(18)20(26)15(16)11-30-21(22)27)13(9-23-29-2)12-6-4-5-7-17(12)24-19/h4-9,28H,3,10-11H2,1-2H3/b23-9-/t22-/m0/s1. The molecule has 0 saturated carbocycles. The Bertz CT molecular complexity index is 1310. The molecule has 2 aliphatic rings. The summed E-state index contributed by atoms with van der Waals surface area (Å²) in [7, 11) is 1.47. The summed E-state index contributed by atoms with van der Waals surface area (Å²) in [5.41, 5.74) is 2.05. The van der Waals surface area contributed by atoms with E-state index in [9.17, 15) is 14.7 Å². The zero-order chi connectivity index (χ0) is 21.0. The van der Waals surface area contributed by atoms with Gasteiger partial charge in [0.05, 0.1) is 35.2 Å². The minimum Gasteiger partial charge on any atom is -0.458 e. The van der Waals surface area contributed by atoms with Gasteiger partial charge in [0.1, 0.15) is 13.7 Å². The summed E-state index contributed by atoms with van der Waals surface area (Å²) in [5, 5.41) is 15.8. The fourth-order valence-electron chi connectivity index (χ4n) is 4.31. The first-order valence-corrected chi connectivity index (χ1v) is 9.65. The number of ether oxygens (including phenoxy) is 1. The minimum atomic E-state index is -1.84. The number of carbonyl (C=O) groups is 1. The summed E-state index contributed by atoms with van der Waals surface area (Å²) in [6.45, 7) is 1.83.